The summed E-state index contributed by atoms with van der Waals surface area (Å²) in [5.41, 5.74) is 1.85. The number of amides is 1. The quantitative estimate of drug-likeness (QED) is 0.788. The van der Waals surface area contributed by atoms with E-state index in [9.17, 15) is 9.59 Å². The summed E-state index contributed by atoms with van der Waals surface area (Å²) in [7, 11) is 0. The molecule has 0 aliphatic carbocycles. The van der Waals surface area contributed by atoms with E-state index < -0.39 is 5.97 Å². The van der Waals surface area contributed by atoms with Crippen LogP contribution in [0, 0.1) is 12.3 Å². The monoisotopic (exact) mass is 304 g/mol. The molecule has 0 aromatic heterocycles. The van der Waals surface area contributed by atoms with Crippen molar-refractivity contribution in [1.29, 1.82) is 0 Å². The fourth-order valence-corrected chi connectivity index (χ4v) is 2.34. The molecule has 108 valence electrons. The van der Waals surface area contributed by atoms with Gasteiger partial charge in [0.15, 0.2) is 0 Å². The number of anilines is 1. The summed E-state index contributed by atoms with van der Waals surface area (Å²) in [4.78, 5) is 24.0. The number of fused-ring (bicyclic) bond motifs is 1. The molecule has 0 fully saturated rings. The Morgan fingerprint density at radius 2 is 2.19 bits per heavy atom. The Morgan fingerprint density at radius 3 is 2.90 bits per heavy atom. The number of aliphatic carboxylic acids is 1. The molecule has 0 saturated carbocycles. The van der Waals surface area contributed by atoms with Gasteiger partial charge in [-0.3, -0.25) is 14.5 Å². The van der Waals surface area contributed by atoms with Crippen LogP contribution in [0.15, 0.2) is 26.9 Å². The molecule has 0 saturated heterocycles. The fourth-order valence-electron chi connectivity index (χ4n) is 1.79. The van der Waals surface area contributed by atoms with Crippen LogP contribution in [-0.4, -0.2) is 41.5 Å². The van der Waals surface area contributed by atoms with Gasteiger partial charge in [-0.05, 0) is 12.1 Å². The van der Waals surface area contributed by atoms with Gasteiger partial charge in [0.25, 0.3) is 0 Å². The molecule has 1 amide bonds. The highest BCUT2D eigenvalue weighted by molar-refractivity contribution is 7.58. The van der Waals surface area contributed by atoms with Crippen LogP contribution in [0.4, 0.5) is 17.1 Å². The first-order valence-electron chi connectivity index (χ1n) is 5.99. The molecular weight excluding hydrogens is 292 g/mol. The van der Waals surface area contributed by atoms with E-state index in [1.165, 1.54) is 4.90 Å². The van der Waals surface area contributed by atoms with Crippen LogP contribution in [-0.2, 0) is 20.9 Å². The number of hydrogen-bond acceptors (Lipinski definition) is 5. The summed E-state index contributed by atoms with van der Waals surface area (Å²) in [6.45, 7) is -0.313. The Morgan fingerprint density at radius 1 is 1.38 bits per heavy atom. The molecule has 0 spiro atoms. The van der Waals surface area contributed by atoms with Gasteiger partial charge in [-0.1, -0.05) is 12.0 Å². The predicted molar refractivity (Wildman–Crippen MR) is 79.5 cm³/mol. The van der Waals surface area contributed by atoms with Gasteiger partial charge in [0.1, 0.15) is 11.4 Å². The van der Waals surface area contributed by atoms with E-state index >= 15 is 0 Å². The third kappa shape index (κ3) is 3.98. The molecule has 0 bridgehead atoms. The van der Waals surface area contributed by atoms with E-state index in [0.29, 0.717) is 17.1 Å². The summed E-state index contributed by atoms with van der Waals surface area (Å²) in [5, 5.41) is 11.5. The molecular formula is C13H12N4O3S. The summed E-state index contributed by atoms with van der Waals surface area (Å²) in [6, 6.07) is 5.27. The summed E-state index contributed by atoms with van der Waals surface area (Å²) < 4.78 is 8.19. The largest absolute Gasteiger partial charge is 0.480 e. The topological polar surface area (TPSA) is 94.4 Å². The maximum Gasteiger partial charge on any atom is 0.317 e. The fraction of sp³-hybridized carbons (Fsp3) is 0.231. The Hall–Kier alpha value is -2.50. The van der Waals surface area contributed by atoms with Gasteiger partial charge in [-0.25, -0.2) is 0 Å². The number of carbonyl (C=O) groups excluding carboxylic acids is 1. The highest BCUT2D eigenvalue weighted by atomic mass is 32.1. The predicted octanol–water partition coefficient (Wildman–Crippen LogP) is 1.37. The number of carboxylic acids is 1. The molecule has 2 N–H and O–H groups in total. The minimum atomic E-state index is -1.04. The van der Waals surface area contributed by atoms with Gasteiger partial charge in [-0.15, -0.1) is 6.42 Å². The molecule has 1 aliphatic heterocycles. The highest BCUT2D eigenvalue weighted by Crippen LogP contribution is 2.38. The van der Waals surface area contributed by atoms with Gasteiger partial charge < -0.3 is 10.4 Å². The first-order valence-corrected chi connectivity index (χ1v) is 6.72. The summed E-state index contributed by atoms with van der Waals surface area (Å²) in [5.74, 6) is 0.937. The second-order valence-corrected chi connectivity index (χ2v) is 4.76. The summed E-state index contributed by atoms with van der Waals surface area (Å²) in [6.07, 6.45) is 5.16. The van der Waals surface area contributed by atoms with Crippen molar-refractivity contribution in [3.63, 3.8) is 0 Å². The first kappa shape index (κ1) is 14.9. The SMILES string of the molecule is C#CCN(CC(=O)O)CC(=O)Nc1cccc2c1N=S=N2. The average Bonchev–Trinajstić information content (AvgIpc) is 2.87. The number of rotatable bonds is 6. The second-order valence-electron chi connectivity index (χ2n) is 4.23. The van der Waals surface area contributed by atoms with Crippen LogP contribution in [0.1, 0.15) is 0 Å². The highest BCUT2D eigenvalue weighted by Gasteiger charge is 2.16. The minimum absolute atomic E-state index is 0.0855. The molecule has 8 heteroatoms. The van der Waals surface area contributed by atoms with Crippen molar-refractivity contribution in [2.75, 3.05) is 25.0 Å². The maximum atomic E-state index is 12.0. The molecule has 0 radical (unpaired) electrons. The van der Waals surface area contributed by atoms with Crippen molar-refractivity contribution in [3.8, 4) is 12.3 Å². The molecule has 1 aromatic carbocycles. The van der Waals surface area contributed by atoms with Gasteiger partial charge >= 0.3 is 5.97 Å². The lowest BCUT2D eigenvalue weighted by Crippen LogP contribution is -2.37. The number of benzene rings is 1. The van der Waals surface area contributed by atoms with E-state index in [2.05, 4.69) is 20.0 Å². The van der Waals surface area contributed by atoms with Gasteiger partial charge in [0.05, 0.1) is 36.7 Å². The van der Waals surface area contributed by atoms with Gasteiger partial charge in [0, 0.05) is 0 Å². The minimum Gasteiger partial charge on any atom is -0.480 e. The zero-order chi connectivity index (χ0) is 15.2. The van der Waals surface area contributed by atoms with Crippen molar-refractivity contribution >= 4 is 40.3 Å². The number of nitrogens with zero attached hydrogens (tertiary/aromatic N) is 3. The molecule has 0 unspecified atom stereocenters. The molecule has 2 rings (SSSR count). The molecule has 0 atom stereocenters. The average molecular weight is 304 g/mol. The number of carbonyl (C=O) groups is 2. The zero-order valence-corrected chi connectivity index (χ0v) is 11.8. The van der Waals surface area contributed by atoms with Gasteiger partial charge in [-0.2, -0.15) is 8.73 Å². The van der Waals surface area contributed by atoms with Crippen LogP contribution in [0.3, 0.4) is 0 Å². The molecule has 1 aromatic rings. The first-order chi connectivity index (χ1) is 10.1. The lowest BCUT2D eigenvalue weighted by atomic mass is 10.2. The Bertz CT molecular complexity index is 689. The Labute approximate surface area is 124 Å². The van der Waals surface area contributed by atoms with Gasteiger partial charge in [0.2, 0.25) is 5.91 Å². The van der Waals surface area contributed by atoms with E-state index in [4.69, 9.17) is 11.5 Å². The van der Waals surface area contributed by atoms with E-state index in [1.807, 2.05) is 0 Å². The lowest BCUT2D eigenvalue weighted by molar-refractivity contribution is -0.138. The van der Waals surface area contributed by atoms with Crippen molar-refractivity contribution < 1.29 is 14.7 Å². The van der Waals surface area contributed by atoms with Crippen molar-refractivity contribution in [1.82, 2.24) is 4.90 Å². The number of terminal acetylenes is 1. The number of nitrogens with one attached hydrogen (secondary N) is 1. The van der Waals surface area contributed by atoms with E-state index in [0.717, 1.165) is 11.4 Å². The van der Waals surface area contributed by atoms with Crippen LogP contribution in [0.25, 0.3) is 0 Å². The number of hydrogen-bond donors (Lipinski definition) is 2. The Kier molecular flexibility index (Phi) is 4.81. The van der Waals surface area contributed by atoms with Crippen LogP contribution in [0.2, 0.25) is 0 Å². The molecule has 21 heavy (non-hydrogen) atoms. The third-order valence-corrected chi connectivity index (χ3v) is 3.14. The second kappa shape index (κ2) is 6.78. The smallest absolute Gasteiger partial charge is 0.317 e. The zero-order valence-electron chi connectivity index (χ0n) is 10.9. The normalized spacial score (nSPS) is 11.6. The number of carboxylic acid groups (broad SMARTS) is 1. The lowest BCUT2D eigenvalue weighted by Gasteiger charge is -2.17. The Balaban J connectivity index is 2.02. The molecule has 7 nitrogen and oxygen atoms in total. The van der Waals surface area contributed by atoms with Crippen LogP contribution >= 0.6 is 0 Å². The van der Waals surface area contributed by atoms with Crippen molar-refractivity contribution in [3.05, 3.63) is 18.2 Å². The maximum absolute atomic E-state index is 12.0. The molecule has 1 heterocycles. The van der Waals surface area contributed by atoms with Crippen LogP contribution < -0.4 is 5.32 Å². The van der Waals surface area contributed by atoms with Crippen LogP contribution in [0.5, 0.6) is 0 Å². The molecule has 1 aliphatic rings. The summed E-state index contributed by atoms with van der Waals surface area (Å²) >= 11 is 1.06. The standard InChI is InChI=1S/C13H12N4O3S/c1-2-6-17(8-12(19)20)7-11(18)14-9-4-3-5-10-13(9)16-21-15-10/h1,3-5H,6-8H2,(H,14,18)(H,19,20). The van der Waals surface area contributed by atoms with Crippen molar-refractivity contribution in [2.45, 2.75) is 0 Å². The van der Waals surface area contributed by atoms with E-state index in [-0.39, 0.29) is 25.5 Å². The van der Waals surface area contributed by atoms with E-state index in [1.54, 1.807) is 18.2 Å². The third-order valence-electron chi connectivity index (χ3n) is 2.60. The van der Waals surface area contributed by atoms with Crippen molar-refractivity contribution in [2.24, 2.45) is 8.73 Å².